The van der Waals surface area contributed by atoms with Crippen molar-refractivity contribution >= 4 is 29.9 Å². The molecule has 0 heterocycles. The summed E-state index contributed by atoms with van der Waals surface area (Å²) in [5, 5.41) is 3.05. The van der Waals surface area contributed by atoms with E-state index in [2.05, 4.69) is 10.3 Å². The molecule has 3 N–H and O–H groups in total. The van der Waals surface area contributed by atoms with Crippen LogP contribution in [-0.2, 0) is 11.3 Å². The van der Waals surface area contributed by atoms with Gasteiger partial charge in [0.05, 0.1) is 13.2 Å². The lowest BCUT2D eigenvalue weighted by atomic mass is 10.2. The highest BCUT2D eigenvalue weighted by Crippen LogP contribution is 2.28. The Morgan fingerprint density at radius 2 is 2.05 bits per heavy atom. The van der Waals surface area contributed by atoms with Gasteiger partial charge in [-0.05, 0) is 24.3 Å². The zero-order valence-electron chi connectivity index (χ0n) is 11.0. The largest absolute Gasteiger partial charge is 0.379 e. The molecule has 1 aromatic carbocycles. The minimum absolute atomic E-state index is 0. The molecule has 0 aliphatic heterocycles. The van der Waals surface area contributed by atoms with Crippen molar-refractivity contribution in [3.8, 4) is 0 Å². The minimum atomic E-state index is 0. The second kappa shape index (κ2) is 9.14. The first-order chi connectivity index (χ1) is 8.84. The van der Waals surface area contributed by atoms with E-state index in [0.29, 0.717) is 19.1 Å². The van der Waals surface area contributed by atoms with Crippen molar-refractivity contribution in [3.63, 3.8) is 0 Å². The summed E-state index contributed by atoms with van der Waals surface area (Å²) < 4.78 is 5.50. The van der Waals surface area contributed by atoms with Gasteiger partial charge in [0.1, 0.15) is 0 Å². The molecule has 4 nitrogen and oxygen atoms in total. The number of halogens is 1. The lowest BCUT2D eigenvalue weighted by Crippen LogP contribution is -2.34. The van der Waals surface area contributed by atoms with E-state index in [1.165, 1.54) is 12.8 Å². The van der Waals surface area contributed by atoms with Crippen LogP contribution in [0.1, 0.15) is 18.4 Å². The molecule has 0 bridgehead atoms. The molecule has 1 aliphatic rings. The second-order valence-corrected chi connectivity index (χ2v) is 4.63. The van der Waals surface area contributed by atoms with Crippen LogP contribution in [0.5, 0.6) is 0 Å². The highest BCUT2D eigenvalue weighted by molar-refractivity contribution is 14.0. The quantitative estimate of drug-likeness (QED) is 0.332. The van der Waals surface area contributed by atoms with Crippen LogP contribution in [0.15, 0.2) is 35.3 Å². The van der Waals surface area contributed by atoms with Crippen LogP contribution >= 0.6 is 24.0 Å². The van der Waals surface area contributed by atoms with Crippen molar-refractivity contribution in [3.05, 3.63) is 35.9 Å². The van der Waals surface area contributed by atoms with E-state index in [-0.39, 0.29) is 24.0 Å². The number of rotatable bonds is 7. The zero-order chi connectivity index (χ0) is 12.6. The molecule has 0 amide bonds. The van der Waals surface area contributed by atoms with E-state index in [1.54, 1.807) is 0 Å². The van der Waals surface area contributed by atoms with Gasteiger partial charge < -0.3 is 15.8 Å². The van der Waals surface area contributed by atoms with Crippen LogP contribution in [0.2, 0.25) is 0 Å². The fourth-order valence-electron chi connectivity index (χ4n) is 1.60. The first-order valence-corrected chi connectivity index (χ1v) is 6.50. The number of hydrogen-bond donors (Lipinski definition) is 2. The molecular formula is C14H22IN3O. The molecule has 106 valence electrons. The Bertz CT molecular complexity index is 380. The van der Waals surface area contributed by atoms with Gasteiger partial charge in [-0.2, -0.15) is 0 Å². The van der Waals surface area contributed by atoms with Crippen molar-refractivity contribution in [2.45, 2.75) is 19.4 Å². The molecule has 5 heteroatoms. The third-order valence-electron chi connectivity index (χ3n) is 2.88. The van der Waals surface area contributed by atoms with Gasteiger partial charge in [-0.15, -0.1) is 24.0 Å². The first-order valence-electron chi connectivity index (χ1n) is 6.50. The standard InChI is InChI=1S/C14H21N3O.HI/c15-14(16-8-9-18-11-13-6-7-13)17-10-12-4-2-1-3-5-12;/h1-5,13H,6-11H2,(H3,15,16,17);1H. The maximum atomic E-state index is 5.76. The molecular weight excluding hydrogens is 353 g/mol. The van der Waals surface area contributed by atoms with Gasteiger partial charge in [0.25, 0.3) is 0 Å². The summed E-state index contributed by atoms with van der Waals surface area (Å²) in [4.78, 5) is 4.27. The van der Waals surface area contributed by atoms with Crippen LogP contribution in [0.4, 0.5) is 0 Å². The molecule has 1 aromatic rings. The van der Waals surface area contributed by atoms with Crippen LogP contribution in [0.3, 0.4) is 0 Å². The van der Waals surface area contributed by atoms with E-state index in [9.17, 15) is 0 Å². The summed E-state index contributed by atoms with van der Waals surface area (Å²) in [6.07, 6.45) is 2.65. The number of nitrogens with zero attached hydrogens (tertiary/aromatic N) is 1. The molecule has 0 aromatic heterocycles. The Hall–Kier alpha value is -0.820. The molecule has 0 saturated heterocycles. The average Bonchev–Trinajstić information content (AvgIpc) is 3.21. The summed E-state index contributed by atoms with van der Waals surface area (Å²) in [6, 6.07) is 10.1. The highest BCUT2D eigenvalue weighted by atomic mass is 127. The molecule has 0 radical (unpaired) electrons. The van der Waals surface area contributed by atoms with E-state index in [1.807, 2.05) is 30.3 Å². The Kier molecular flexibility index (Phi) is 7.81. The fraction of sp³-hybridized carbons (Fsp3) is 0.500. The second-order valence-electron chi connectivity index (χ2n) is 4.63. The first kappa shape index (κ1) is 16.2. The Morgan fingerprint density at radius 3 is 2.74 bits per heavy atom. The maximum absolute atomic E-state index is 5.76. The van der Waals surface area contributed by atoms with Crippen LogP contribution in [0, 0.1) is 5.92 Å². The molecule has 1 aliphatic carbocycles. The van der Waals surface area contributed by atoms with Gasteiger partial charge in [0.2, 0.25) is 0 Å². The monoisotopic (exact) mass is 375 g/mol. The number of aliphatic imine (C=N–C) groups is 1. The van der Waals surface area contributed by atoms with Crippen LogP contribution in [-0.4, -0.2) is 25.7 Å². The predicted octanol–water partition coefficient (Wildman–Crippen LogP) is 2.14. The number of ether oxygens (including phenoxy) is 1. The third kappa shape index (κ3) is 7.37. The Labute approximate surface area is 131 Å². The average molecular weight is 375 g/mol. The van der Waals surface area contributed by atoms with Crippen molar-refractivity contribution < 1.29 is 4.74 Å². The molecule has 0 spiro atoms. The van der Waals surface area contributed by atoms with Gasteiger partial charge in [0, 0.05) is 13.2 Å². The predicted molar refractivity (Wildman–Crippen MR) is 88.7 cm³/mol. The number of nitrogens with two attached hydrogens (primary N) is 1. The van der Waals surface area contributed by atoms with Crippen LogP contribution in [0.25, 0.3) is 0 Å². The van der Waals surface area contributed by atoms with Crippen molar-refractivity contribution in [1.82, 2.24) is 5.32 Å². The lowest BCUT2D eigenvalue weighted by Gasteiger charge is -2.06. The van der Waals surface area contributed by atoms with Crippen molar-refractivity contribution in [2.24, 2.45) is 16.6 Å². The molecule has 0 unspecified atom stereocenters. The molecule has 1 saturated carbocycles. The normalized spacial score (nSPS) is 14.8. The summed E-state index contributed by atoms with van der Waals surface area (Å²) in [5.74, 6) is 1.29. The molecule has 1 fully saturated rings. The molecule has 2 rings (SSSR count). The number of hydrogen-bond acceptors (Lipinski definition) is 2. The number of nitrogens with one attached hydrogen (secondary N) is 1. The van der Waals surface area contributed by atoms with Gasteiger partial charge >= 0.3 is 0 Å². The fourth-order valence-corrected chi connectivity index (χ4v) is 1.60. The van der Waals surface area contributed by atoms with E-state index in [4.69, 9.17) is 10.5 Å². The Morgan fingerprint density at radius 1 is 1.32 bits per heavy atom. The number of guanidine groups is 1. The van der Waals surface area contributed by atoms with Crippen molar-refractivity contribution in [1.29, 1.82) is 0 Å². The highest BCUT2D eigenvalue weighted by Gasteiger charge is 2.20. The van der Waals surface area contributed by atoms with E-state index in [0.717, 1.165) is 24.6 Å². The Balaban J connectivity index is 0.00000180. The molecule has 0 atom stereocenters. The SMILES string of the molecule is I.NC(=NCc1ccccc1)NCCOCC1CC1. The summed E-state index contributed by atoms with van der Waals surface area (Å²) in [7, 11) is 0. The van der Waals surface area contributed by atoms with Gasteiger partial charge in [-0.3, -0.25) is 0 Å². The van der Waals surface area contributed by atoms with Crippen LogP contribution < -0.4 is 11.1 Å². The molecule has 19 heavy (non-hydrogen) atoms. The smallest absolute Gasteiger partial charge is 0.188 e. The van der Waals surface area contributed by atoms with E-state index < -0.39 is 0 Å². The summed E-state index contributed by atoms with van der Waals surface area (Å²) in [5.41, 5.74) is 6.92. The van der Waals surface area contributed by atoms with E-state index >= 15 is 0 Å². The topological polar surface area (TPSA) is 59.6 Å². The number of benzene rings is 1. The van der Waals surface area contributed by atoms with Gasteiger partial charge in [0.15, 0.2) is 5.96 Å². The van der Waals surface area contributed by atoms with Gasteiger partial charge in [-0.1, -0.05) is 30.3 Å². The van der Waals surface area contributed by atoms with Gasteiger partial charge in [-0.25, -0.2) is 4.99 Å². The summed E-state index contributed by atoms with van der Waals surface area (Å²) >= 11 is 0. The van der Waals surface area contributed by atoms with Crippen molar-refractivity contribution in [2.75, 3.05) is 19.8 Å². The maximum Gasteiger partial charge on any atom is 0.188 e. The third-order valence-corrected chi connectivity index (χ3v) is 2.88. The zero-order valence-corrected chi connectivity index (χ0v) is 13.4. The lowest BCUT2D eigenvalue weighted by molar-refractivity contribution is 0.129. The minimum Gasteiger partial charge on any atom is -0.379 e. The summed E-state index contributed by atoms with van der Waals surface area (Å²) in [6.45, 7) is 2.92.